The van der Waals surface area contributed by atoms with Crippen molar-refractivity contribution in [3.05, 3.63) is 36.0 Å². The summed E-state index contributed by atoms with van der Waals surface area (Å²) in [7, 11) is 0. The zero-order valence-corrected chi connectivity index (χ0v) is 11.1. The number of esters is 1. The molecule has 4 nitrogen and oxygen atoms in total. The zero-order valence-electron chi connectivity index (χ0n) is 11.1. The van der Waals surface area contributed by atoms with Gasteiger partial charge in [0.2, 0.25) is 0 Å². The molecule has 2 heterocycles. The van der Waals surface area contributed by atoms with Gasteiger partial charge in [0.15, 0.2) is 0 Å². The lowest BCUT2D eigenvalue weighted by atomic mass is 9.84. The molecule has 1 aliphatic carbocycles. The Bertz CT molecular complexity index is 504. The van der Waals surface area contributed by atoms with Gasteiger partial charge in [0.25, 0.3) is 0 Å². The Balaban J connectivity index is 1.97. The lowest BCUT2D eigenvalue weighted by molar-refractivity contribution is -0.137. The van der Waals surface area contributed by atoms with E-state index in [1.807, 2.05) is 32.1 Å². The third kappa shape index (κ3) is 2.05. The Hall–Kier alpha value is -1.39. The van der Waals surface area contributed by atoms with Crippen molar-refractivity contribution < 1.29 is 19.4 Å². The Labute approximate surface area is 112 Å². The summed E-state index contributed by atoms with van der Waals surface area (Å²) in [4.78, 5) is 11.6. The molecule has 1 unspecified atom stereocenters. The molecule has 0 aromatic heterocycles. The molecule has 19 heavy (non-hydrogen) atoms. The lowest BCUT2D eigenvalue weighted by Gasteiger charge is -2.23. The number of hydrogen-bond donors (Lipinski definition) is 1. The van der Waals surface area contributed by atoms with Crippen LogP contribution >= 0.6 is 0 Å². The van der Waals surface area contributed by atoms with Gasteiger partial charge in [-0.2, -0.15) is 0 Å². The first kappa shape index (κ1) is 12.6. The second-order valence-electron chi connectivity index (χ2n) is 5.81. The normalized spacial score (nSPS) is 46.8. The van der Waals surface area contributed by atoms with E-state index in [0.717, 1.165) is 5.57 Å². The minimum absolute atomic E-state index is 0.0355. The molecule has 0 amide bonds. The molecule has 0 aromatic rings. The van der Waals surface area contributed by atoms with Crippen molar-refractivity contribution >= 4 is 5.97 Å². The van der Waals surface area contributed by atoms with Crippen LogP contribution in [0, 0.1) is 5.92 Å². The largest absolute Gasteiger partial charge is 0.454 e. The summed E-state index contributed by atoms with van der Waals surface area (Å²) in [5.41, 5.74) is 1.00. The van der Waals surface area contributed by atoms with Gasteiger partial charge in [-0.25, -0.2) is 4.79 Å². The highest BCUT2D eigenvalue weighted by Gasteiger charge is 2.54. The number of allylic oxidation sites excluding steroid dienone is 2. The van der Waals surface area contributed by atoms with Crippen LogP contribution < -0.4 is 0 Å². The monoisotopic (exact) mass is 262 g/mol. The molecule has 0 saturated carbocycles. The number of aliphatic hydroxyl groups excluding tert-OH is 1. The van der Waals surface area contributed by atoms with Gasteiger partial charge in [-0.15, -0.1) is 0 Å². The Morgan fingerprint density at radius 3 is 3.00 bits per heavy atom. The molecule has 2 saturated heterocycles. The SMILES string of the molecule is C=C1C(=O)O[C@@H]2C=C(C)/C=C\[C@@H]3O[C@@]3(C)C[C@@H](O)C12. The van der Waals surface area contributed by atoms with Crippen LogP contribution in [0.3, 0.4) is 0 Å². The summed E-state index contributed by atoms with van der Waals surface area (Å²) < 4.78 is 10.9. The van der Waals surface area contributed by atoms with Crippen LogP contribution in [0.5, 0.6) is 0 Å². The number of epoxide rings is 1. The molecule has 2 fully saturated rings. The van der Waals surface area contributed by atoms with Crippen molar-refractivity contribution in [3.8, 4) is 0 Å². The van der Waals surface area contributed by atoms with Crippen molar-refractivity contribution in [2.45, 2.75) is 44.2 Å². The van der Waals surface area contributed by atoms with E-state index >= 15 is 0 Å². The van der Waals surface area contributed by atoms with Crippen molar-refractivity contribution in [1.29, 1.82) is 0 Å². The van der Waals surface area contributed by atoms with E-state index in [1.54, 1.807) is 0 Å². The molecule has 4 heteroatoms. The lowest BCUT2D eigenvalue weighted by Crippen LogP contribution is -2.32. The third-order valence-corrected chi connectivity index (χ3v) is 4.19. The zero-order chi connectivity index (χ0) is 13.8. The van der Waals surface area contributed by atoms with Gasteiger partial charge >= 0.3 is 5.97 Å². The van der Waals surface area contributed by atoms with E-state index in [0.29, 0.717) is 12.0 Å². The van der Waals surface area contributed by atoms with Gasteiger partial charge in [0.1, 0.15) is 12.2 Å². The molecular formula is C15H18O4. The highest BCUT2D eigenvalue weighted by molar-refractivity contribution is 5.91. The van der Waals surface area contributed by atoms with E-state index in [4.69, 9.17) is 9.47 Å². The summed E-state index contributed by atoms with van der Waals surface area (Å²) in [6, 6.07) is 0. The molecule has 0 bridgehead atoms. The molecule has 3 rings (SSSR count). The summed E-state index contributed by atoms with van der Waals surface area (Å²) in [6.07, 6.45) is 5.22. The number of carbonyl (C=O) groups is 1. The van der Waals surface area contributed by atoms with E-state index < -0.39 is 18.2 Å². The quantitative estimate of drug-likeness (QED) is 0.408. The summed E-state index contributed by atoms with van der Waals surface area (Å²) >= 11 is 0. The highest BCUT2D eigenvalue weighted by Crippen LogP contribution is 2.45. The van der Waals surface area contributed by atoms with E-state index in [-0.39, 0.29) is 17.6 Å². The molecular weight excluding hydrogens is 244 g/mol. The average Bonchev–Trinajstić information content (AvgIpc) is 2.86. The van der Waals surface area contributed by atoms with Crippen molar-refractivity contribution in [2.24, 2.45) is 5.92 Å². The van der Waals surface area contributed by atoms with Crippen LogP contribution in [-0.2, 0) is 14.3 Å². The molecule has 0 aromatic carbocycles. The molecule has 2 aliphatic heterocycles. The highest BCUT2D eigenvalue weighted by atomic mass is 16.6. The molecule has 3 aliphatic rings. The number of hydrogen-bond acceptors (Lipinski definition) is 4. The van der Waals surface area contributed by atoms with Crippen LogP contribution in [0.25, 0.3) is 0 Å². The average molecular weight is 262 g/mol. The molecule has 0 radical (unpaired) electrons. The smallest absolute Gasteiger partial charge is 0.334 e. The van der Waals surface area contributed by atoms with Crippen molar-refractivity contribution in [3.63, 3.8) is 0 Å². The predicted octanol–water partition coefficient (Wildman–Crippen LogP) is 1.51. The number of aliphatic hydroxyl groups is 1. The number of ether oxygens (including phenoxy) is 2. The Kier molecular flexibility index (Phi) is 2.69. The maximum atomic E-state index is 11.6. The van der Waals surface area contributed by atoms with Gasteiger partial charge < -0.3 is 14.6 Å². The fourth-order valence-corrected chi connectivity index (χ4v) is 2.96. The van der Waals surface area contributed by atoms with Crippen LogP contribution in [0.4, 0.5) is 0 Å². The number of rotatable bonds is 0. The minimum atomic E-state index is -0.686. The number of carbonyl (C=O) groups excluding carboxylic acids is 1. The molecule has 102 valence electrons. The standard InChI is InChI=1S/C15H18O4/c1-8-4-5-12-15(3,19-12)7-10(16)13-9(2)14(17)18-11(13)6-8/h4-6,10-13,16H,2,7H2,1,3H3/b5-4-,8-6?/t10-,11-,12+,13?,15+/m1/s1. The maximum absolute atomic E-state index is 11.6. The molecule has 5 atom stereocenters. The van der Waals surface area contributed by atoms with Crippen molar-refractivity contribution in [2.75, 3.05) is 0 Å². The van der Waals surface area contributed by atoms with Gasteiger partial charge in [0.05, 0.1) is 17.6 Å². The number of fused-ring (bicyclic) bond motifs is 2. The summed E-state index contributed by atoms with van der Waals surface area (Å²) in [5.74, 6) is -0.796. The molecule has 0 spiro atoms. The van der Waals surface area contributed by atoms with Crippen LogP contribution in [-0.4, -0.2) is 35.0 Å². The van der Waals surface area contributed by atoms with Crippen LogP contribution in [0.1, 0.15) is 20.3 Å². The van der Waals surface area contributed by atoms with Gasteiger partial charge in [0, 0.05) is 12.0 Å². The second-order valence-corrected chi connectivity index (χ2v) is 5.81. The fraction of sp³-hybridized carbons (Fsp3) is 0.533. The van der Waals surface area contributed by atoms with Crippen LogP contribution in [0.2, 0.25) is 0 Å². The van der Waals surface area contributed by atoms with E-state index in [1.165, 1.54) is 0 Å². The summed E-state index contributed by atoms with van der Waals surface area (Å²) in [6.45, 7) is 7.67. The Morgan fingerprint density at radius 1 is 1.53 bits per heavy atom. The maximum Gasteiger partial charge on any atom is 0.334 e. The Morgan fingerprint density at radius 2 is 2.26 bits per heavy atom. The van der Waals surface area contributed by atoms with Crippen LogP contribution in [0.15, 0.2) is 36.0 Å². The van der Waals surface area contributed by atoms with E-state index in [9.17, 15) is 9.90 Å². The fourth-order valence-electron chi connectivity index (χ4n) is 2.96. The molecule has 1 N–H and O–H groups in total. The van der Waals surface area contributed by atoms with E-state index in [2.05, 4.69) is 6.58 Å². The topological polar surface area (TPSA) is 59.1 Å². The first-order chi connectivity index (χ1) is 8.90. The van der Waals surface area contributed by atoms with Gasteiger partial charge in [-0.05, 0) is 19.9 Å². The van der Waals surface area contributed by atoms with Gasteiger partial charge in [-0.1, -0.05) is 24.3 Å². The van der Waals surface area contributed by atoms with Gasteiger partial charge in [-0.3, -0.25) is 0 Å². The predicted molar refractivity (Wildman–Crippen MR) is 69.3 cm³/mol. The first-order valence-corrected chi connectivity index (χ1v) is 6.53. The first-order valence-electron chi connectivity index (χ1n) is 6.53. The minimum Gasteiger partial charge on any atom is -0.454 e. The second kappa shape index (κ2) is 4.05. The third-order valence-electron chi connectivity index (χ3n) is 4.19. The van der Waals surface area contributed by atoms with Crippen molar-refractivity contribution in [1.82, 2.24) is 0 Å². The summed E-state index contributed by atoms with van der Waals surface area (Å²) in [5, 5.41) is 10.4.